The molecule has 0 bridgehead atoms. The number of carbonyl (C=O) groups is 1. The maximum absolute atomic E-state index is 10.4. The van der Waals surface area contributed by atoms with Crippen molar-refractivity contribution in [1.29, 1.82) is 0 Å². The van der Waals surface area contributed by atoms with Gasteiger partial charge >= 0.3 is 5.97 Å². The largest absolute Gasteiger partial charge is 0.481 e. The van der Waals surface area contributed by atoms with E-state index in [-0.39, 0.29) is 6.10 Å². The summed E-state index contributed by atoms with van der Waals surface area (Å²) in [6.45, 7) is 2.26. The van der Waals surface area contributed by atoms with Gasteiger partial charge in [-0.3, -0.25) is 4.79 Å². The van der Waals surface area contributed by atoms with Crippen molar-refractivity contribution in [2.24, 2.45) is 0 Å². The van der Waals surface area contributed by atoms with Gasteiger partial charge in [-0.05, 0) is 19.3 Å². The third-order valence-corrected chi connectivity index (χ3v) is 6.82. The molecular weight excluding hydrogens is 396 g/mol. The Bertz CT molecular complexity index is 369. The molecule has 0 aromatic heterocycles. The molecule has 2 N–H and O–H groups in total. The van der Waals surface area contributed by atoms with E-state index in [1.165, 1.54) is 135 Å². The summed E-state index contributed by atoms with van der Waals surface area (Å²) in [5, 5.41) is 18.7. The number of aliphatic hydroxyl groups excluding tert-OH is 1. The van der Waals surface area contributed by atoms with Crippen LogP contribution >= 0.6 is 0 Å². The van der Waals surface area contributed by atoms with Crippen molar-refractivity contribution in [2.45, 2.75) is 180 Å². The quantitative estimate of drug-likeness (QED) is 0.121. The van der Waals surface area contributed by atoms with Crippen molar-refractivity contribution < 1.29 is 15.0 Å². The molecule has 3 nitrogen and oxygen atoms in total. The highest BCUT2D eigenvalue weighted by molar-refractivity contribution is 5.66. The van der Waals surface area contributed by atoms with Crippen molar-refractivity contribution in [3.8, 4) is 0 Å². The predicted octanol–water partition coefficient (Wildman–Crippen LogP) is 9.59. The Morgan fingerprint density at radius 1 is 0.500 bits per heavy atom. The van der Waals surface area contributed by atoms with Crippen molar-refractivity contribution >= 4 is 5.97 Å². The van der Waals surface area contributed by atoms with E-state index in [9.17, 15) is 9.90 Å². The molecule has 0 spiro atoms. The van der Waals surface area contributed by atoms with Gasteiger partial charge in [-0.1, -0.05) is 148 Å². The molecule has 0 aliphatic heterocycles. The Kier molecular flexibility index (Phi) is 26.2. The molecule has 0 saturated heterocycles. The maximum atomic E-state index is 10.4. The van der Waals surface area contributed by atoms with Gasteiger partial charge < -0.3 is 10.2 Å². The number of unbranched alkanes of at least 4 members (excludes halogenated alkanes) is 21. The van der Waals surface area contributed by atoms with Crippen LogP contribution in [0.1, 0.15) is 174 Å². The molecule has 192 valence electrons. The topological polar surface area (TPSA) is 57.5 Å². The number of aliphatic carboxylic acids is 1. The van der Waals surface area contributed by atoms with Crippen molar-refractivity contribution in [2.75, 3.05) is 0 Å². The third-order valence-electron chi connectivity index (χ3n) is 6.82. The Labute approximate surface area is 201 Å². The summed E-state index contributed by atoms with van der Waals surface area (Å²) >= 11 is 0. The van der Waals surface area contributed by atoms with Crippen molar-refractivity contribution in [1.82, 2.24) is 0 Å². The zero-order chi connectivity index (χ0) is 23.5. The molecule has 3 heteroatoms. The van der Waals surface area contributed by atoms with Crippen LogP contribution in [0, 0.1) is 0 Å². The van der Waals surface area contributed by atoms with Gasteiger partial charge in [-0.15, -0.1) is 0 Å². The van der Waals surface area contributed by atoms with Gasteiger partial charge in [-0.2, -0.15) is 0 Å². The SMILES string of the molecule is CCCCCCCCCC(O)CCCCCCCCCCCCCCCCCCC(=O)O. The smallest absolute Gasteiger partial charge is 0.303 e. The van der Waals surface area contributed by atoms with Gasteiger partial charge in [-0.25, -0.2) is 0 Å². The van der Waals surface area contributed by atoms with Crippen molar-refractivity contribution in [3.63, 3.8) is 0 Å². The summed E-state index contributed by atoms with van der Waals surface area (Å²) < 4.78 is 0. The Morgan fingerprint density at radius 3 is 1.09 bits per heavy atom. The molecule has 32 heavy (non-hydrogen) atoms. The van der Waals surface area contributed by atoms with Crippen LogP contribution in [-0.2, 0) is 4.79 Å². The minimum Gasteiger partial charge on any atom is -0.481 e. The average molecular weight is 455 g/mol. The second-order valence-corrected chi connectivity index (χ2v) is 10.2. The minimum absolute atomic E-state index is 0.0532. The lowest BCUT2D eigenvalue weighted by Gasteiger charge is -2.10. The van der Waals surface area contributed by atoms with Crippen molar-refractivity contribution in [3.05, 3.63) is 0 Å². The van der Waals surface area contributed by atoms with Gasteiger partial charge in [0.25, 0.3) is 0 Å². The zero-order valence-electron chi connectivity index (χ0n) is 21.8. The van der Waals surface area contributed by atoms with E-state index < -0.39 is 5.97 Å². The third kappa shape index (κ3) is 27.5. The molecule has 0 aliphatic rings. The predicted molar refractivity (Wildman–Crippen MR) is 139 cm³/mol. The highest BCUT2D eigenvalue weighted by atomic mass is 16.4. The molecule has 0 saturated carbocycles. The highest BCUT2D eigenvalue weighted by Gasteiger charge is 2.04. The van der Waals surface area contributed by atoms with Gasteiger partial charge in [0.2, 0.25) is 0 Å². The first-order valence-electron chi connectivity index (χ1n) is 14.6. The van der Waals surface area contributed by atoms with Crippen LogP contribution in [0.15, 0.2) is 0 Å². The van der Waals surface area contributed by atoms with Crippen LogP contribution in [-0.4, -0.2) is 22.3 Å². The summed E-state index contributed by atoms with van der Waals surface area (Å²) in [4.78, 5) is 10.4. The van der Waals surface area contributed by atoms with Crippen LogP contribution in [0.25, 0.3) is 0 Å². The monoisotopic (exact) mass is 454 g/mol. The Balaban J connectivity index is 3.12. The summed E-state index contributed by atoms with van der Waals surface area (Å²) in [5.41, 5.74) is 0. The fraction of sp³-hybridized carbons (Fsp3) is 0.966. The van der Waals surface area contributed by atoms with Crippen LogP contribution in [0.2, 0.25) is 0 Å². The first-order chi connectivity index (χ1) is 15.7. The number of aliphatic hydroxyl groups is 1. The highest BCUT2D eigenvalue weighted by Crippen LogP contribution is 2.16. The normalized spacial score (nSPS) is 12.3. The fourth-order valence-electron chi connectivity index (χ4n) is 4.61. The molecule has 0 fully saturated rings. The standard InChI is InChI=1S/C29H58O3/c1-2-3-4-5-16-19-22-25-28(30)26-23-20-17-14-12-10-8-6-7-9-11-13-15-18-21-24-27-29(31)32/h28,30H,2-27H2,1H3,(H,31,32). The van der Waals surface area contributed by atoms with E-state index in [2.05, 4.69) is 6.92 Å². The minimum atomic E-state index is -0.658. The first-order valence-corrected chi connectivity index (χ1v) is 14.6. The van der Waals surface area contributed by atoms with Gasteiger partial charge in [0, 0.05) is 6.42 Å². The Morgan fingerprint density at radius 2 is 0.781 bits per heavy atom. The number of hydrogen-bond acceptors (Lipinski definition) is 2. The number of hydrogen-bond donors (Lipinski definition) is 2. The summed E-state index contributed by atoms with van der Waals surface area (Å²) in [6.07, 6.45) is 32.2. The molecule has 1 atom stereocenters. The molecule has 0 rings (SSSR count). The van der Waals surface area contributed by atoms with Crippen LogP contribution < -0.4 is 0 Å². The molecule has 1 unspecified atom stereocenters. The first kappa shape index (κ1) is 31.4. The summed E-state index contributed by atoms with van der Waals surface area (Å²) in [7, 11) is 0. The molecular formula is C29H58O3. The van der Waals surface area contributed by atoms with E-state index in [0.717, 1.165) is 25.7 Å². The van der Waals surface area contributed by atoms with Gasteiger partial charge in [0.15, 0.2) is 0 Å². The molecule has 0 heterocycles. The summed E-state index contributed by atoms with van der Waals surface area (Å²) in [6, 6.07) is 0. The zero-order valence-corrected chi connectivity index (χ0v) is 21.8. The van der Waals surface area contributed by atoms with Crippen LogP contribution in [0.4, 0.5) is 0 Å². The second kappa shape index (κ2) is 26.7. The lowest BCUT2D eigenvalue weighted by atomic mass is 10.0. The van der Waals surface area contributed by atoms with E-state index in [1.807, 2.05) is 0 Å². The van der Waals surface area contributed by atoms with Gasteiger partial charge in [0.05, 0.1) is 6.10 Å². The van der Waals surface area contributed by atoms with Crippen LogP contribution in [0.3, 0.4) is 0 Å². The molecule has 0 radical (unpaired) electrons. The molecule has 0 aromatic carbocycles. The maximum Gasteiger partial charge on any atom is 0.303 e. The van der Waals surface area contributed by atoms with Crippen LogP contribution in [0.5, 0.6) is 0 Å². The number of rotatable bonds is 27. The summed E-state index contributed by atoms with van der Waals surface area (Å²) in [5.74, 6) is -0.658. The lowest BCUT2D eigenvalue weighted by molar-refractivity contribution is -0.137. The average Bonchev–Trinajstić information content (AvgIpc) is 2.77. The van der Waals surface area contributed by atoms with Gasteiger partial charge in [0.1, 0.15) is 0 Å². The number of carboxylic acids is 1. The molecule has 0 aromatic rings. The Hall–Kier alpha value is -0.570. The fourth-order valence-corrected chi connectivity index (χ4v) is 4.61. The molecule has 0 amide bonds. The lowest BCUT2D eigenvalue weighted by Crippen LogP contribution is -2.05. The van der Waals surface area contributed by atoms with E-state index in [1.54, 1.807) is 0 Å². The second-order valence-electron chi connectivity index (χ2n) is 10.2. The number of carboxylic acid groups (broad SMARTS) is 1. The van der Waals surface area contributed by atoms with E-state index in [4.69, 9.17) is 5.11 Å². The molecule has 0 aliphatic carbocycles. The van der Waals surface area contributed by atoms with E-state index in [0.29, 0.717) is 6.42 Å². The van der Waals surface area contributed by atoms with E-state index >= 15 is 0 Å².